The average molecular weight is 538 g/mol. The van der Waals surface area contributed by atoms with E-state index in [-0.39, 0.29) is 22.3 Å². The van der Waals surface area contributed by atoms with Crippen LogP contribution < -0.4 is 15.5 Å². The van der Waals surface area contributed by atoms with Gasteiger partial charge in [0.2, 0.25) is 0 Å². The van der Waals surface area contributed by atoms with Gasteiger partial charge in [-0.05, 0) is 55.0 Å². The highest BCUT2D eigenvalue weighted by Gasteiger charge is 2.24. The number of carbonyl (C=O) groups excluding carboxylic acids is 2. The van der Waals surface area contributed by atoms with Crippen molar-refractivity contribution in [2.24, 2.45) is 0 Å². The molecule has 1 heterocycles. The predicted molar refractivity (Wildman–Crippen MR) is 148 cm³/mol. The topological polar surface area (TPSA) is 108 Å². The number of nitro groups is 1. The fourth-order valence-electron chi connectivity index (χ4n) is 4.13. The van der Waals surface area contributed by atoms with Crippen LogP contribution in [0, 0.1) is 17.0 Å². The second kappa shape index (κ2) is 11.4. The second-order valence-corrected chi connectivity index (χ2v) is 9.26. The summed E-state index contributed by atoms with van der Waals surface area (Å²) in [5.74, 6) is -0.662. The Bertz CT molecular complexity index is 1370. The quantitative estimate of drug-likeness (QED) is 0.277. The lowest BCUT2D eigenvalue weighted by atomic mass is 10.1. The number of para-hydroxylation sites is 1. The van der Waals surface area contributed by atoms with Crippen LogP contribution in [0.15, 0.2) is 66.7 Å². The molecule has 3 aromatic carbocycles. The van der Waals surface area contributed by atoms with Gasteiger partial charge in [-0.15, -0.1) is 0 Å². The molecule has 190 valence electrons. The Labute approximate surface area is 224 Å². The van der Waals surface area contributed by atoms with E-state index in [9.17, 15) is 19.7 Å². The molecule has 2 N–H and O–H groups in total. The van der Waals surface area contributed by atoms with Crippen LogP contribution in [0.2, 0.25) is 5.02 Å². The third kappa shape index (κ3) is 6.04. The average Bonchev–Trinajstić information content (AvgIpc) is 2.88. The van der Waals surface area contributed by atoms with Gasteiger partial charge in [0.25, 0.3) is 17.5 Å². The summed E-state index contributed by atoms with van der Waals surface area (Å²) < 4.78 is 0. The highest BCUT2D eigenvalue weighted by atomic mass is 35.5. The molecule has 11 heteroatoms. The molecule has 4 rings (SSSR count). The summed E-state index contributed by atoms with van der Waals surface area (Å²) >= 11 is 11.8. The van der Waals surface area contributed by atoms with E-state index in [0.717, 1.165) is 11.3 Å². The number of nitrogens with one attached hydrogen (secondary N) is 2. The largest absolute Gasteiger partial charge is 0.367 e. The summed E-state index contributed by atoms with van der Waals surface area (Å²) in [7, 11) is 0. The van der Waals surface area contributed by atoms with E-state index in [4.69, 9.17) is 23.8 Å². The van der Waals surface area contributed by atoms with Crippen LogP contribution in [0.3, 0.4) is 0 Å². The van der Waals surface area contributed by atoms with Crippen LogP contribution in [-0.2, 0) is 0 Å². The Morgan fingerprint density at radius 2 is 1.62 bits per heavy atom. The van der Waals surface area contributed by atoms with Crippen molar-refractivity contribution in [3.63, 3.8) is 0 Å². The molecule has 0 aromatic heterocycles. The summed E-state index contributed by atoms with van der Waals surface area (Å²) in [6.45, 7) is 4.35. The number of hydrogen-bond donors (Lipinski definition) is 2. The van der Waals surface area contributed by atoms with Crippen LogP contribution in [0.1, 0.15) is 26.3 Å². The van der Waals surface area contributed by atoms with Crippen molar-refractivity contribution in [3.05, 3.63) is 98.6 Å². The number of hydrogen-bond acceptors (Lipinski definition) is 6. The minimum Gasteiger partial charge on any atom is -0.367 e. The predicted octanol–water partition coefficient (Wildman–Crippen LogP) is 4.65. The van der Waals surface area contributed by atoms with Crippen molar-refractivity contribution >= 4 is 57.8 Å². The van der Waals surface area contributed by atoms with Crippen molar-refractivity contribution in [3.8, 4) is 0 Å². The first-order valence-corrected chi connectivity index (χ1v) is 12.3. The maximum absolute atomic E-state index is 12.9. The number of halogens is 1. The molecule has 3 aromatic rings. The molecule has 1 aliphatic rings. The molecule has 1 saturated heterocycles. The molecule has 0 atom stereocenters. The van der Waals surface area contributed by atoms with Gasteiger partial charge in [0, 0.05) is 43.5 Å². The van der Waals surface area contributed by atoms with Crippen LogP contribution in [-0.4, -0.2) is 52.9 Å². The number of benzene rings is 3. The number of nitrogens with zero attached hydrogens (tertiary/aromatic N) is 3. The SMILES string of the molecule is Cc1ccccc1C(=O)N1CCN(c2ccc(NC(=S)NC(=O)c3ccccc3[N+](=O)[O-])cc2Cl)CC1. The van der Waals surface area contributed by atoms with Crippen LogP contribution in [0.25, 0.3) is 0 Å². The minimum absolute atomic E-state index is 0.0182. The third-order valence-corrected chi connectivity index (χ3v) is 6.57. The number of anilines is 2. The third-order valence-electron chi connectivity index (χ3n) is 6.06. The van der Waals surface area contributed by atoms with Crippen molar-refractivity contribution in [2.45, 2.75) is 6.92 Å². The molecule has 1 aliphatic heterocycles. The van der Waals surface area contributed by atoms with Gasteiger partial charge in [0.1, 0.15) is 5.56 Å². The van der Waals surface area contributed by atoms with Gasteiger partial charge >= 0.3 is 0 Å². The Morgan fingerprint density at radius 3 is 2.27 bits per heavy atom. The van der Waals surface area contributed by atoms with Gasteiger partial charge in [0.05, 0.1) is 15.6 Å². The first-order valence-electron chi connectivity index (χ1n) is 11.5. The smallest absolute Gasteiger partial charge is 0.282 e. The molecule has 0 spiro atoms. The Balaban J connectivity index is 1.35. The number of aryl methyl sites for hydroxylation is 1. The lowest BCUT2D eigenvalue weighted by Gasteiger charge is -2.36. The molecule has 37 heavy (non-hydrogen) atoms. The first kappa shape index (κ1) is 26.1. The zero-order valence-electron chi connectivity index (χ0n) is 19.9. The maximum Gasteiger partial charge on any atom is 0.282 e. The second-order valence-electron chi connectivity index (χ2n) is 8.44. The molecule has 2 amide bonds. The zero-order valence-corrected chi connectivity index (χ0v) is 21.5. The molecule has 0 unspecified atom stereocenters. The van der Waals surface area contributed by atoms with Gasteiger partial charge in [-0.3, -0.25) is 25.0 Å². The van der Waals surface area contributed by atoms with Crippen molar-refractivity contribution in [2.75, 3.05) is 36.4 Å². The number of rotatable bonds is 5. The summed E-state index contributed by atoms with van der Waals surface area (Å²) in [4.78, 5) is 39.9. The molecule has 0 aliphatic carbocycles. The number of nitro benzene ring substituents is 1. The molecule has 0 saturated carbocycles. The van der Waals surface area contributed by atoms with E-state index < -0.39 is 10.8 Å². The number of carbonyl (C=O) groups is 2. The Morgan fingerprint density at radius 1 is 0.973 bits per heavy atom. The van der Waals surface area contributed by atoms with E-state index in [1.807, 2.05) is 42.2 Å². The van der Waals surface area contributed by atoms with Gasteiger partial charge in [-0.25, -0.2) is 0 Å². The molecular formula is C26H24ClN5O4S. The summed E-state index contributed by atoms with van der Waals surface area (Å²) in [5, 5.41) is 17.0. The van der Waals surface area contributed by atoms with E-state index in [1.54, 1.807) is 12.1 Å². The minimum atomic E-state index is -0.689. The standard InChI is InChI=1S/C26H24ClN5O4S/c1-17-6-2-3-7-19(17)25(34)31-14-12-30(13-15-31)23-11-10-18(16-21(23)27)28-26(37)29-24(33)20-8-4-5-9-22(20)32(35)36/h2-11,16H,12-15H2,1H3,(H2,28,29,33,37). The van der Waals surface area contributed by atoms with Gasteiger partial charge in [-0.1, -0.05) is 41.9 Å². The maximum atomic E-state index is 12.9. The van der Waals surface area contributed by atoms with E-state index in [2.05, 4.69) is 15.5 Å². The van der Waals surface area contributed by atoms with Crippen molar-refractivity contribution < 1.29 is 14.5 Å². The first-order chi connectivity index (χ1) is 17.7. The van der Waals surface area contributed by atoms with Crippen LogP contribution in [0.4, 0.5) is 17.1 Å². The lowest BCUT2D eigenvalue weighted by molar-refractivity contribution is -0.385. The lowest BCUT2D eigenvalue weighted by Crippen LogP contribution is -2.49. The molecular weight excluding hydrogens is 514 g/mol. The molecule has 1 fully saturated rings. The summed E-state index contributed by atoms with van der Waals surface area (Å²) in [6.07, 6.45) is 0. The highest BCUT2D eigenvalue weighted by molar-refractivity contribution is 7.80. The van der Waals surface area contributed by atoms with Crippen molar-refractivity contribution in [1.82, 2.24) is 10.2 Å². The van der Waals surface area contributed by atoms with E-state index in [0.29, 0.717) is 42.5 Å². The zero-order chi connectivity index (χ0) is 26.5. The monoisotopic (exact) mass is 537 g/mol. The van der Waals surface area contributed by atoms with Gasteiger partial charge < -0.3 is 15.1 Å². The Hall–Kier alpha value is -4.02. The summed E-state index contributed by atoms with van der Waals surface area (Å²) in [6, 6.07) is 18.5. The van der Waals surface area contributed by atoms with Gasteiger partial charge in [0.15, 0.2) is 5.11 Å². The van der Waals surface area contributed by atoms with Gasteiger partial charge in [-0.2, -0.15) is 0 Å². The van der Waals surface area contributed by atoms with Crippen LogP contribution >= 0.6 is 23.8 Å². The fourth-order valence-corrected chi connectivity index (χ4v) is 4.64. The molecule has 9 nitrogen and oxygen atoms in total. The van der Waals surface area contributed by atoms with Crippen LogP contribution in [0.5, 0.6) is 0 Å². The Kier molecular flexibility index (Phi) is 8.00. The normalized spacial score (nSPS) is 13.1. The van der Waals surface area contributed by atoms with Crippen molar-refractivity contribution in [1.29, 1.82) is 0 Å². The molecule has 0 radical (unpaired) electrons. The molecule has 0 bridgehead atoms. The summed E-state index contributed by atoms with van der Waals surface area (Å²) in [5.41, 5.74) is 2.65. The van der Waals surface area contributed by atoms with E-state index >= 15 is 0 Å². The number of thiocarbonyl (C=S) groups is 1. The van der Waals surface area contributed by atoms with E-state index in [1.165, 1.54) is 24.3 Å². The number of amides is 2. The highest BCUT2D eigenvalue weighted by Crippen LogP contribution is 2.30. The fraction of sp³-hybridized carbons (Fsp3) is 0.192. The number of piperazine rings is 1.